The number of alkyl halides is 3. The van der Waals surface area contributed by atoms with Gasteiger partial charge in [0, 0.05) is 0 Å². The fourth-order valence-corrected chi connectivity index (χ4v) is 1.66. The van der Waals surface area contributed by atoms with Gasteiger partial charge in [-0.25, -0.2) is 0 Å². The molecule has 0 saturated heterocycles. The van der Waals surface area contributed by atoms with Crippen LogP contribution in [-0.2, 0) is 6.18 Å². The Morgan fingerprint density at radius 3 is 2.22 bits per heavy atom. The smallest absolute Gasteiger partial charge is 0.416 e. The highest BCUT2D eigenvalue weighted by molar-refractivity contribution is 5.66. The van der Waals surface area contributed by atoms with E-state index in [2.05, 4.69) is 0 Å². The minimum Gasteiger partial charge on any atom is -0.508 e. The molecule has 1 N–H and O–H groups in total. The van der Waals surface area contributed by atoms with Crippen molar-refractivity contribution in [3.8, 4) is 16.9 Å². The molecule has 0 atom stereocenters. The minimum absolute atomic E-state index is 0.0740. The van der Waals surface area contributed by atoms with Crippen molar-refractivity contribution in [3.63, 3.8) is 0 Å². The number of aromatic hydroxyl groups is 1. The third kappa shape index (κ3) is 2.47. The van der Waals surface area contributed by atoms with Gasteiger partial charge in [-0.2, -0.15) is 13.2 Å². The van der Waals surface area contributed by atoms with Gasteiger partial charge in [0.1, 0.15) is 5.75 Å². The first kappa shape index (κ1) is 12.5. The van der Waals surface area contributed by atoms with Gasteiger partial charge in [-0.3, -0.25) is 0 Å². The van der Waals surface area contributed by atoms with E-state index in [9.17, 15) is 18.3 Å². The molecule has 0 spiro atoms. The molecule has 18 heavy (non-hydrogen) atoms. The summed E-state index contributed by atoms with van der Waals surface area (Å²) < 4.78 is 37.7. The molecule has 0 heterocycles. The molecule has 0 aliphatic rings. The molecule has 0 unspecified atom stereocenters. The highest BCUT2D eigenvalue weighted by Gasteiger charge is 2.30. The van der Waals surface area contributed by atoms with E-state index in [1.807, 2.05) is 0 Å². The Morgan fingerprint density at radius 1 is 0.944 bits per heavy atom. The third-order valence-corrected chi connectivity index (χ3v) is 2.73. The van der Waals surface area contributed by atoms with Crippen LogP contribution < -0.4 is 0 Å². The Labute approximate surface area is 103 Å². The molecule has 0 aliphatic carbocycles. The zero-order valence-electron chi connectivity index (χ0n) is 9.62. The lowest BCUT2D eigenvalue weighted by Gasteiger charge is -2.09. The van der Waals surface area contributed by atoms with E-state index < -0.39 is 11.7 Å². The lowest BCUT2D eigenvalue weighted by molar-refractivity contribution is -0.137. The topological polar surface area (TPSA) is 20.2 Å². The highest BCUT2D eigenvalue weighted by atomic mass is 19.4. The summed E-state index contributed by atoms with van der Waals surface area (Å²) in [7, 11) is 0. The molecule has 0 aliphatic heterocycles. The maximum Gasteiger partial charge on any atom is 0.416 e. The number of benzene rings is 2. The zero-order valence-corrected chi connectivity index (χ0v) is 9.62. The number of phenols is 1. The molecule has 2 aromatic carbocycles. The molecule has 0 bridgehead atoms. The summed E-state index contributed by atoms with van der Waals surface area (Å²) in [6.07, 6.45) is -4.36. The monoisotopic (exact) mass is 252 g/mol. The summed E-state index contributed by atoms with van der Waals surface area (Å²) in [4.78, 5) is 0. The van der Waals surface area contributed by atoms with Gasteiger partial charge in [-0.15, -0.1) is 0 Å². The molecular formula is C14H11F3O. The normalized spacial score (nSPS) is 11.6. The fourth-order valence-electron chi connectivity index (χ4n) is 1.66. The maximum atomic E-state index is 12.6. The predicted molar refractivity (Wildman–Crippen MR) is 63.3 cm³/mol. The minimum atomic E-state index is -4.36. The van der Waals surface area contributed by atoms with E-state index in [-0.39, 0.29) is 5.75 Å². The molecule has 0 saturated carbocycles. The molecule has 0 aromatic heterocycles. The third-order valence-electron chi connectivity index (χ3n) is 2.73. The van der Waals surface area contributed by atoms with Crippen molar-refractivity contribution in [2.24, 2.45) is 0 Å². The Hall–Kier alpha value is -1.97. The van der Waals surface area contributed by atoms with Crippen molar-refractivity contribution >= 4 is 0 Å². The first-order valence-electron chi connectivity index (χ1n) is 5.35. The molecule has 1 nitrogen and oxygen atoms in total. The van der Waals surface area contributed by atoms with Crippen LogP contribution in [0.4, 0.5) is 13.2 Å². The van der Waals surface area contributed by atoms with E-state index in [0.29, 0.717) is 16.7 Å². The lowest BCUT2D eigenvalue weighted by atomic mass is 10.0. The van der Waals surface area contributed by atoms with E-state index in [4.69, 9.17) is 0 Å². The van der Waals surface area contributed by atoms with Crippen LogP contribution in [0.2, 0.25) is 0 Å². The van der Waals surface area contributed by atoms with Crippen LogP contribution in [0.3, 0.4) is 0 Å². The number of rotatable bonds is 1. The first-order valence-corrected chi connectivity index (χ1v) is 5.35. The van der Waals surface area contributed by atoms with Crippen molar-refractivity contribution in [3.05, 3.63) is 53.6 Å². The summed E-state index contributed by atoms with van der Waals surface area (Å²) >= 11 is 0. The van der Waals surface area contributed by atoms with Crippen molar-refractivity contribution in [2.75, 3.05) is 0 Å². The van der Waals surface area contributed by atoms with Gasteiger partial charge in [0.2, 0.25) is 0 Å². The van der Waals surface area contributed by atoms with Crippen molar-refractivity contribution < 1.29 is 18.3 Å². The standard InChI is InChI=1S/C14H11F3O/c1-9-5-6-11(8-13(9)18)10-3-2-4-12(7-10)14(15,16)17/h2-8,18H,1H3. The SMILES string of the molecule is Cc1ccc(-c2cccc(C(F)(F)F)c2)cc1O. The van der Waals surface area contributed by atoms with Crippen LogP contribution in [0.1, 0.15) is 11.1 Å². The van der Waals surface area contributed by atoms with Crippen LogP contribution >= 0.6 is 0 Å². The predicted octanol–water partition coefficient (Wildman–Crippen LogP) is 4.39. The second-order valence-electron chi connectivity index (χ2n) is 4.08. The molecular weight excluding hydrogens is 241 g/mol. The number of phenolic OH excluding ortho intramolecular Hbond substituents is 1. The van der Waals surface area contributed by atoms with Gasteiger partial charge >= 0.3 is 6.18 Å². The number of aryl methyl sites for hydroxylation is 1. The molecule has 4 heteroatoms. The number of hydrogen-bond donors (Lipinski definition) is 1. The van der Waals surface area contributed by atoms with Crippen LogP contribution in [0.15, 0.2) is 42.5 Å². The van der Waals surface area contributed by atoms with Crippen molar-refractivity contribution in [2.45, 2.75) is 13.1 Å². The van der Waals surface area contributed by atoms with Gasteiger partial charge in [-0.1, -0.05) is 24.3 Å². The quantitative estimate of drug-likeness (QED) is 0.798. The molecule has 0 fully saturated rings. The largest absolute Gasteiger partial charge is 0.508 e. The summed E-state index contributed by atoms with van der Waals surface area (Å²) in [5.74, 6) is 0.0740. The molecule has 2 aromatic rings. The van der Waals surface area contributed by atoms with Crippen molar-refractivity contribution in [1.82, 2.24) is 0 Å². The Balaban J connectivity index is 2.48. The second kappa shape index (κ2) is 4.37. The first-order chi connectivity index (χ1) is 8.38. The Morgan fingerprint density at radius 2 is 1.61 bits per heavy atom. The Kier molecular flexibility index (Phi) is 3.03. The van der Waals surface area contributed by atoms with Gasteiger partial charge < -0.3 is 5.11 Å². The van der Waals surface area contributed by atoms with E-state index >= 15 is 0 Å². The van der Waals surface area contributed by atoms with Gasteiger partial charge in [0.15, 0.2) is 0 Å². The van der Waals surface area contributed by atoms with E-state index in [1.54, 1.807) is 25.1 Å². The van der Waals surface area contributed by atoms with Crippen LogP contribution in [-0.4, -0.2) is 5.11 Å². The fraction of sp³-hybridized carbons (Fsp3) is 0.143. The average Bonchev–Trinajstić information content (AvgIpc) is 2.32. The summed E-state index contributed by atoms with van der Waals surface area (Å²) in [6.45, 7) is 1.73. The van der Waals surface area contributed by atoms with Crippen LogP contribution in [0.25, 0.3) is 11.1 Å². The van der Waals surface area contributed by atoms with Gasteiger partial charge in [0.25, 0.3) is 0 Å². The number of hydrogen-bond acceptors (Lipinski definition) is 1. The van der Waals surface area contributed by atoms with Crippen LogP contribution in [0, 0.1) is 6.92 Å². The summed E-state index contributed by atoms with van der Waals surface area (Å²) in [6, 6.07) is 9.86. The molecule has 2 rings (SSSR count). The van der Waals surface area contributed by atoms with Crippen molar-refractivity contribution in [1.29, 1.82) is 0 Å². The van der Waals surface area contributed by atoms with Gasteiger partial charge in [0.05, 0.1) is 5.56 Å². The number of halogens is 3. The van der Waals surface area contributed by atoms with E-state index in [0.717, 1.165) is 12.1 Å². The van der Waals surface area contributed by atoms with Gasteiger partial charge in [-0.05, 0) is 41.8 Å². The second-order valence-corrected chi connectivity index (χ2v) is 4.08. The summed E-state index contributed by atoms with van der Waals surface area (Å²) in [5.41, 5.74) is 0.982. The molecule has 94 valence electrons. The average molecular weight is 252 g/mol. The Bertz CT molecular complexity index is 573. The van der Waals surface area contributed by atoms with Crippen LogP contribution in [0.5, 0.6) is 5.75 Å². The maximum absolute atomic E-state index is 12.6. The molecule has 0 amide bonds. The highest BCUT2D eigenvalue weighted by Crippen LogP contribution is 2.33. The molecule has 0 radical (unpaired) electrons. The summed E-state index contributed by atoms with van der Waals surface area (Å²) in [5, 5.41) is 9.57. The van der Waals surface area contributed by atoms with E-state index in [1.165, 1.54) is 12.1 Å². The zero-order chi connectivity index (χ0) is 13.3. The lowest BCUT2D eigenvalue weighted by Crippen LogP contribution is -2.04.